The Morgan fingerprint density at radius 3 is 2.90 bits per heavy atom. The number of aromatic nitrogens is 2. The number of anilines is 1. The number of benzene rings is 2. The number of nitrogens with one attached hydrogen (secondary N) is 1. The molecule has 0 amide bonds. The molecule has 3 rings (SSSR count). The molecule has 2 aromatic carbocycles. The zero-order valence-corrected chi connectivity index (χ0v) is 12.3. The van der Waals surface area contributed by atoms with Gasteiger partial charge in [0.1, 0.15) is 5.75 Å². The quantitative estimate of drug-likeness (QED) is 0.725. The van der Waals surface area contributed by atoms with E-state index in [-0.39, 0.29) is 0 Å². The van der Waals surface area contributed by atoms with Crippen LogP contribution >= 0.6 is 0 Å². The lowest BCUT2D eigenvalue weighted by Crippen LogP contribution is -2.00. The third kappa shape index (κ3) is 2.75. The lowest BCUT2D eigenvalue weighted by molar-refractivity contribution is 0.411. The van der Waals surface area contributed by atoms with E-state index in [9.17, 15) is 4.21 Å². The molecule has 0 saturated heterocycles. The molecule has 5 nitrogen and oxygen atoms in total. The molecule has 0 aliphatic carbocycles. The van der Waals surface area contributed by atoms with Crippen LogP contribution in [0.25, 0.3) is 11.0 Å². The van der Waals surface area contributed by atoms with Crippen LogP contribution in [0.15, 0.2) is 47.6 Å². The molecule has 0 aliphatic rings. The molecule has 1 unspecified atom stereocenters. The third-order valence-electron chi connectivity index (χ3n) is 3.18. The van der Waals surface area contributed by atoms with E-state index in [2.05, 4.69) is 9.97 Å². The van der Waals surface area contributed by atoms with Gasteiger partial charge in [-0.3, -0.25) is 4.21 Å². The Kier molecular flexibility index (Phi) is 3.62. The second-order valence-corrected chi connectivity index (χ2v) is 5.99. The van der Waals surface area contributed by atoms with Gasteiger partial charge in [0.2, 0.25) is 0 Å². The van der Waals surface area contributed by atoms with Crippen molar-refractivity contribution in [1.29, 1.82) is 0 Å². The smallest absolute Gasteiger partial charge is 0.197 e. The summed E-state index contributed by atoms with van der Waals surface area (Å²) in [6.07, 6.45) is 0. The molecule has 6 heteroatoms. The van der Waals surface area contributed by atoms with Gasteiger partial charge in [0.05, 0.1) is 34.7 Å². The van der Waals surface area contributed by atoms with Crippen molar-refractivity contribution < 1.29 is 8.95 Å². The molecule has 0 fully saturated rings. The van der Waals surface area contributed by atoms with Gasteiger partial charge in [-0.05, 0) is 24.3 Å². The Bertz CT molecular complexity index is 814. The molecule has 0 radical (unpaired) electrons. The Labute approximate surface area is 124 Å². The van der Waals surface area contributed by atoms with E-state index < -0.39 is 10.8 Å². The number of nitrogen functional groups attached to an aromatic ring is 1. The molecule has 3 N–H and O–H groups in total. The fourth-order valence-corrected chi connectivity index (χ4v) is 3.23. The van der Waals surface area contributed by atoms with Crippen LogP contribution < -0.4 is 10.5 Å². The Morgan fingerprint density at radius 1 is 1.29 bits per heavy atom. The van der Waals surface area contributed by atoms with Gasteiger partial charge in [-0.15, -0.1) is 0 Å². The Morgan fingerprint density at radius 2 is 2.10 bits per heavy atom. The average Bonchev–Trinajstić information content (AvgIpc) is 2.91. The summed E-state index contributed by atoms with van der Waals surface area (Å²) in [6.45, 7) is 0. The van der Waals surface area contributed by atoms with Gasteiger partial charge in [0.15, 0.2) is 5.16 Å². The number of fused-ring (bicyclic) bond motifs is 1. The van der Waals surface area contributed by atoms with Gasteiger partial charge in [0, 0.05) is 11.3 Å². The summed E-state index contributed by atoms with van der Waals surface area (Å²) in [5.74, 6) is 1.07. The molecule has 21 heavy (non-hydrogen) atoms. The molecule has 1 heterocycles. The van der Waals surface area contributed by atoms with E-state index in [1.54, 1.807) is 19.2 Å². The number of nitrogens with zero attached hydrogens (tertiary/aromatic N) is 1. The van der Waals surface area contributed by atoms with Gasteiger partial charge in [0.25, 0.3) is 0 Å². The first-order valence-electron chi connectivity index (χ1n) is 6.43. The van der Waals surface area contributed by atoms with Crippen molar-refractivity contribution in [3.05, 3.63) is 48.0 Å². The van der Waals surface area contributed by atoms with Crippen molar-refractivity contribution in [3.63, 3.8) is 0 Å². The van der Waals surface area contributed by atoms with Crippen LogP contribution in [0, 0.1) is 0 Å². The number of rotatable bonds is 4. The first-order chi connectivity index (χ1) is 10.2. The molecule has 3 aromatic rings. The van der Waals surface area contributed by atoms with Gasteiger partial charge in [-0.1, -0.05) is 18.2 Å². The molecule has 1 atom stereocenters. The van der Waals surface area contributed by atoms with E-state index in [0.717, 1.165) is 22.3 Å². The number of ether oxygens (including phenoxy) is 1. The number of hydrogen-bond donors (Lipinski definition) is 2. The first-order valence-corrected chi connectivity index (χ1v) is 7.75. The van der Waals surface area contributed by atoms with Crippen molar-refractivity contribution in [3.8, 4) is 5.75 Å². The fraction of sp³-hybridized carbons (Fsp3) is 0.133. The minimum Gasteiger partial charge on any atom is -0.496 e. The molecule has 0 bridgehead atoms. The minimum absolute atomic E-state index is 0.347. The fourth-order valence-electron chi connectivity index (χ4n) is 2.14. The van der Waals surface area contributed by atoms with Crippen LogP contribution in [-0.4, -0.2) is 21.3 Å². The van der Waals surface area contributed by atoms with E-state index in [0.29, 0.717) is 16.6 Å². The van der Waals surface area contributed by atoms with E-state index >= 15 is 0 Å². The van der Waals surface area contributed by atoms with Gasteiger partial charge in [-0.25, -0.2) is 4.98 Å². The number of imidazole rings is 1. The van der Waals surface area contributed by atoms with Crippen LogP contribution in [0.3, 0.4) is 0 Å². The van der Waals surface area contributed by atoms with E-state index in [1.807, 2.05) is 30.3 Å². The summed E-state index contributed by atoms with van der Waals surface area (Å²) >= 11 is 0. The van der Waals surface area contributed by atoms with Crippen LogP contribution in [0.5, 0.6) is 5.75 Å². The molecular formula is C15H15N3O2S. The number of para-hydroxylation sites is 1. The van der Waals surface area contributed by atoms with Crippen molar-refractivity contribution in [1.82, 2.24) is 9.97 Å². The number of nitrogens with two attached hydrogens (primary N) is 1. The second-order valence-electron chi connectivity index (χ2n) is 4.62. The van der Waals surface area contributed by atoms with Crippen molar-refractivity contribution >= 4 is 27.5 Å². The summed E-state index contributed by atoms with van der Waals surface area (Å²) in [5, 5.41) is 0.446. The van der Waals surface area contributed by atoms with Gasteiger partial charge >= 0.3 is 0 Å². The van der Waals surface area contributed by atoms with Crippen LogP contribution in [-0.2, 0) is 16.6 Å². The van der Waals surface area contributed by atoms with Crippen molar-refractivity contribution in [2.24, 2.45) is 0 Å². The van der Waals surface area contributed by atoms with E-state index in [1.165, 1.54) is 0 Å². The lowest BCUT2D eigenvalue weighted by Gasteiger charge is -2.06. The molecular weight excluding hydrogens is 286 g/mol. The standard InChI is InChI=1S/C15H15N3O2S/c1-20-14-5-3-2-4-10(14)9-21(19)15-17-12-7-6-11(16)8-13(12)18-15/h2-8H,9,16H2,1H3,(H,17,18). The van der Waals surface area contributed by atoms with Crippen LogP contribution in [0.4, 0.5) is 5.69 Å². The summed E-state index contributed by atoms with van der Waals surface area (Å²) in [5.41, 5.74) is 8.81. The SMILES string of the molecule is COc1ccccc1CS(=O)c1nc2ccc(N)cc2[nH]1. The molecule has 0 aliphatic heterocycles. The predicted octanol–water partition coefficient (Wildman–Crippen LogP) is 2.46. The normalized spacial score (nSPS) is 12.4. The number of H-pyrrole nitrogens is 1. The van der Waals surface area contributed by atoms with E-state index in [4.69, 9.17) is 10.5 Å². The summed E-state index contributed by atoms with van der Waals surface area (Å²) in [6, 6.07) is 12.9. The Hall–Kier alpha value is -2.34. The topological polar surface area (TPSA) is 81.0 Å². The average molecular weight is 301 g/mol. The first kappa shape index (κ1) is 13.6. The summed E-state index contributed by atoms with van der Waals surface area (Å²) in [7, 11) is 0.330. The zero-order valence-electron chi connectivity index (χ0n) is 11.5. The highest BCUT2D eigenvalue weighted by Crippen LogP contribution is 2.22. The zero-order chi connectivity index (χ0) is 14.8. The van der Waals surface area contributed by atoms with Crippen molar-refractivity contribution in [2.45, 2.75) is 10.9 Å². The third-order valence-corrected chi connectivity index (χ3v) is 4.38. The molecule has 108 valence electrons. The maximum atomic E-state index is 12.5. The maximum Gasteiger partial charge on any atom is 0.197 e. The monoisotopic (exact) mass is 301 g/mol. The predicted molar refractivity (Wildman–Crippen MR) is 83.6 cm³/mol. The van der Waals surface area contributed by atoms with Crippen LogP contribution in [0.1, 0.15) is 5.56 Å². The highest BCUT2D eigenvalue weighted by molar-refractivity contribution is 7.84. The highest BCUT2D eigenvalue weighted by atomic mass is 32.2. The minimum atomic E-state index is -1.27. The Balaban J connectivity index is 1.90. The lowest BCUT2D eigenvalue weighted by atomic mass is 10.2. The summed E-state index contributed by atoms with van der Waals surface area (Å²) < 4.78 is 17.7. The van der Waals surface area contributed by atoms with Gasteiger partial charge in [-0.2, -0.15) is 0 Å². The molecule has 0 saturated carbocycles. The van der Waals surface area contributed by atoms with Gasteiger partial charge < -0.3 is 15.5 Å². The number of hydrogen-bond acceptors (Lipinski definition) is 4. The second kappa shape index (κ2) is 5.57. The largest absolute Gasteiger partial charge is 0.496 e. The van der Waals surface area contributed by atoms with Crippen molar-refractivity contribution in [2.75, 3.05) is 12.8 Å². The summed E-state index contributed by atoms with van der Waals surface area (Å²) in [4.78, 5) is 7.42. The number of aromatic amines is 1. The molecule has 1 aromatic heterocycles. The number of methoxy groups -OCH3 is 1. The molecule has 0 spiro atoms. The highest BCUT2D eigenvalue weighted by Gasteiger charge is 2.13. The van der Waals surface area contributed by atoms with Crippen LogP contribution in [0.2, 0.25) is 0 Å². The maximum absolute atomic E-state index is 12.5.